The second-order valence-electron chi connectivity index (χ2n) is 7.06. The molecule has 1 unspecified atom stereocenters. The molecule has 0 fully saturated rings. The molecule has 1 atom stereocenters. The minimum Gasteiger partial charge on any atom is -0.396 e. The molecule has 2 aromatic heterocycles. The zero-order valence-electron chi connectivity index (χ0n) is 17.8. The molecule has 3 rings (SSSR count). The maximum absolute atomic E-state index is 13.2. The van der Waals surface area contributed by atoms with Crippen LogP contribution in [0.3, 0.4) is 0 Å². The molecule has 0 aliphatic carbocycles. The first-order chi connectivity index (χ1) is 14.9. The quantitative estimate of drug-likeness (QED) is 0.561. The Hall–Kier alpha value is -2.86. The van der Waals surface area contributed by atoms with E-state index in [2.05, 4.69) is 16.8 Å². The van der Waals surface area contributed by atoms with Crippen LogP contribution < -0.4 is 11.2 Å². The van der Waals surface area contributed by atoms with Gasteiger partial charge >= 0.3 is 5.69 Å². The molecule has 1 N–H and O–H groups in total. The molecule has 2 heterocycles. The Kier molecular flexibility index (Phi) is 7.33. The van der Waals surface area contributed by atoms with Crippen molar-refractivity contribution in [3.05, 3.63) is 61.5 Å². The molecule has 0 bridgehead atoms. The van der Waals surface area contributed by atoms with E-state index in [4.69, 9.17) is 21.4 Å². The molecular weight excluding hydrogens is 420 g/mol. The second kappa shape index (κ2) is 9.96. The molecule has 0 radical (unpaired) electrons. The first-order valence-corrected chi connectivity index (χ1v) is 10.4. The van der Waals surface area contributed by atoms with Crippen molar-refractivity contribution in [2.24, 2.45) is 7.05 Å². The summed E-state index contributed by atoms with van der Waals surface area (Å²) in [6.45, 7) is 4.57. The van der Waals surface area contributed by atoms with Crippen molar-refractivity contribution in [1.82, 2.24) is 18.7 Å². The summed E-state index contributed by atoms with van der Waals surface area (Å²) in [5, 5.41) is 9.76. The third kappa shape index (κ3) is 4.90. The number of ether oxygens (including phenoxy) is 1. The lowest BCUT2D eigenvalue weighted by Crippen LogP contribution is -2.40. The van der Waals surface area contributed by atoms with Gasteiger partial charge in [-0.15, -0.1) is 0 Å². The average Bonchev–Trinajstić information content (AvgIpc) is 3.11. The van der Waals surface area contributed by atoms with Crippen LogP contribution in [0.25, 0.3) is 11.2 Å². The predicted octanol–water partition coefficient (Wildman–Crippen LogP) is 1.76. The summed E-state index contributed by atoms with van der Waals surface area (Å²) in [4.78, 5) is 30.5. The summed E-state index contributed by atoms with van der Waals surface area (Å²) >= 11 is 6.00. The number of aliphatic hydroxyl groups excluding tert-OH is 1. The number of imidazole rings is 1. The summed E-state index contributed by atoms with van der Waals surface area (Å²) in [6, 6.07) is 7.27. The lowest BCUT2D eigenvalue weighted by molar-refractivity contribution is 0.116. The Bertz CT molecular complexity index is 1250. The summed E-state index contributed by atoms with van der Waals surface area (Å²) in [5.41, 5.74) is 0.504. The van der Waals surface area contributed by atoms with E-state index in [-0.39, 0.29) is 30.4 Å². The largest absolute Gasteiger partial charge is 0.396 e. The highest BCUT2D eigenvalue weighted by Crippen LogP contribution is 2.16. The van der Waals surface area contributed by atoms with Crippen LogP contribution in [0.2, 0.25) is 5.02 Å². The van der Waals surface area contributed by atoms with Crippen molar-refractivity contribution in [1.29, 1.82) is 0 Å². The van der Waals surface area contributed by atoms with E-state index in [1.54, 1.807) is 23.7 Å². The summed E-state index contributed by atoms with van der Waals surface area (Å²) < 4.78 is 9.64. The molecule has 0 aliphatic heterocycles. The van der Waals surface area contributed by atoms with Crippen molar-refractivity contribution in [2.45, 2.75) is 39.5 Å². The number of aliphatic hydroxyl groups is 1. The van der Waals surface area contributed by atoms with E-state index >= 15 is 0 Å². The standard InChI is InChI=1S/C22H25ClN4O4/c1-4-31-15(2)6-11-18-24-20-19(27(18)14-16-7-9-17(23)10-8-16)21(29)26(12-5-13-28)22(30)25(20)3/h7-10,15,28H,4-5,12-14H2,1-3H3. The van der Waals surface area contributed by atoms with Crippen LogP contribution in [0.1, 0.15) is 31.7 Å². The van der Waals surface area contributed by atoms with Gasteiger partial charge in [0.05, 0.1) is 6.54 Å². The average molecular weight is 445 g/mol. The van der Waals surface area contributed by atoms with Crippen molar-refractivity contribution in [3.63, 3.8) is 0 Å². The van der Waals surface area contributed by atoms with Crippen LogP contribution in [-0.2, 0) is 24.9 Å². The molecule has 9 heteroatoms. The first kappa shape index (κ1) is 22.8. The van der Waals surface area contributed by atoms with E-state index in [1.807, 2.05) is 26.0 Å². The molecule has 0 aliphatic rings. The van der Waals surface area contributed by atoms with Crippen LogP contribution >= 0.6 is 11.6 Å². The lowest BCUT2D eigenvalue weighted by Gasteiger charge is -2.10. The summed E-state index contributed by atoms with van der Waals surface area (Å²) in [7, 11) is 1.57. The Labute approximate surface area is 184 Å². The third-order valence-electron chi connectivity index (χ3n) is 4.83. The number of hydrogen-bond donors (Lipinski definition) is 1. The van der Waals surface area contributed by atoms with Gasteiger partial charge in [-0.05, 0) is 43.9 Å². The van der Waals surface area contributed by atoms with Crippen LogP contribution in [0.4, 0.5) is 0 Å². The molecule has 3 aromatic rings. The van der Waals surface area contributed by atoms with E-state index in [1.165, 1.54) is 4.57 Å². The molecular formula is C22H25ClN4O4. The number of fused-ring (bicyclic) bond motifs is 1. The van der Waals surface area contributed by atoms with Gasteiger partial charge in [0.25, 0.3) is 5.56 Å². The Balaban J connectivity index is 2.24. The lowest BCUT2D eigenvalue weighted by atomic mass is 10.2. The molecule has 164 valence electrons. The predicted molar refractivity (Wildman–Crippen MR) is 119 cm³/mol. The topological polar surface area (TPSA) is 91.3 Å². The Morgan fingerprint density at radius 1 is 1.23 bits per heavy atom. The first-order valence-electron chi connectivity index (χ1n) is 10.1. The van der Waals surface area contributed by atoms with Crippen molar-refractivity contribution in [3.8, 4) is 11.8 Å². The molecule has 0 saturated heterocycles. The minimum atomic E-state index is -0.482. The molecule has 0 amide bonds. The highest BCUT2D eigenvalue weighted by atomic mass is 35.5. The Morgan fingerprint density at radius 3 is 2.58 bits per heavy atom. The zero-order chi connectivity index (χ0) is 22.5. The number of hydrogen-bond acceptors (Lipinski definition) is 5. The Morgan fingerprint density at radius 2 is 1.94 bits per heavy atom. The van der Waals surface area contributed by atoms with Gasteiger partial charge in [-0.1, -0.05) is 29.7 Å². The van der Waals surface area contributed by atoms with Gasteiger partial charge in [0.1, 0.15) is 6.10 Å². The molecule has 0 saturated carbocycles. The van der Waals surface area contributed by atoms with Gasteiger partial charge in [0.2, 0.25) is 0 Å². The number of nitrogens with zero attached hydrogens (tertiary/aromatic N) is 4. The monoisotopic (exact) mass is 444 g/mol. The smallest absolute Gasteiger partial charge is 0.332 e. The zero-order valence-corrected chi connectivity index (χ0v) is 18.5. The van der Waals surface area contributed by atoms with Gasteiger partial charge in [-0.25, -0.2) is 9.78 Å². The molecule has 0 spiro atoms. The van der Waals surface area contributed by atoms with E-state index in [9.17, 15) is 9.59 Å². The van der Waals surface area contributed by atoms with Gasteiger partial charge in [-0.3, -0.25) is 13.9 Å². The highest BCUT2D eigenvalue weighted by molar-refractivity contribution is 6.30. The number of rotatable bonds is 7. The fraction of sp³-hybridized carbons (Fsp3) is 0.409. The van der Waals surface area contributed by atoms with Crippen molar-refractivity contribution >= 4 is 22.8 Å². The fourth-order valence-electron chi connectivity index (χ4n) is 3.28. The SMILES string of the molecule is CCOC(C)C#Cc1nc2c(c(=O)n(CCCO)c(=O)n2C)n1Cc1ccc(Cl)cc1. The maximum atomic E-state index is 13.2. The number of halogens is 1. The van der Waals surface area contributed by atoms with Crippen LogP contribution in [0, 0.1) is 11.8 Å². The van der Waals surface area contributed by atoms with Crippen molar-refractivity contribution in [2.75, 3.05) is 13.2 Å². The highest BCUT2D eigenvalue weighted by Gasteiger charge is 2.20. The maximum Gasteiger partial charge on any atom is 0.332 e. The summed E-state index contributed by atoms with van der Waals surface area (Å²) in [5.74, 6) is 6.36. The fourth-order valence-corrected chi connectivity index (χ4v) is 3.40. The summed E-state index contributed by atoms with van der Waals surface area (Å²) in [6.07, 6.45) is -0.0105. The molecule has 8 nitrogen and oxygen atoms in total. The normalized spacial score (nSPS) is 12.0. The molecule has 1 aromatic carbocycles. The second-order valence-corrected chi connectivity index (χ2v) is 7.50. The number of aromatic nitrogens is 4. The number of aryl methyl sites for hydroxylation is 1. The van der Waals surface area contributed by atoms with E-state index in [0.717, 1.165) is 10.1 Å². The third-order valence-corrected chi connectivity index (χ3v) is 5.08. The minimum absolute atomic E-state index is 0.118. The van der Waals surface area contributed by atoms with Gasteiger partial charge in [0, 0.05) is 31.8 Å². The van der Waals surface area contributed by atoms with Crippen LogP contribution in [-0.4, -0.2) is 43.1 Å². The van der Waals surface area contributed by atoms with Gasteiger partial charge in [0.15, 0.2) is 17.0 Å². The van der Waals surface area contributed by atoms with E-state index in [0.29, 0.717) is 30.4 Å². The molecule has 31 heavy (non-hydrogen) atoms. The van der Waals surface area contributed by atoms with E-state index < -0.39 is 11.2 Å². The van der Waals surface area contributed by atoms with Crippen LogP contribution in [0.5, 0.6) is 0 Å². The van der Waals surface area contributed by atoms with Crippen LogP contribution in [0.15, 0.2) is 33.9 Å². The number of benzene rings is 1. The van der Waals surface area contributed by atoms with Gasteiger partial charge < -0.3 is 14.4 Å². The van der Waals surface area contributed by atoms with Gasteiger partial charge in [-0.2, -0.15) is 0 Å². The van der Waals surface area contributed by atoms with Crippen molar-refractivity contribution < 1.29 is 9.84 Å².